The molecular formula is C16H18O5. The first kappa shape index (κ1) is 13.1. The summed E-state index contributed by atoms with van der Waals surface area (Å²) in [6.07, 6.45) is 5.24. The third kappa shape index (κ3) is 1.35. The molecule has 0 aromatic heterocycles. The van der Waals surface area contributed by atoms with Gasteiger partial charge in [-0.25, -0.2) is 9.59 Å². The van der Waals surface area contributed by atoms with Crippen molar-refractivity contribution in [2.75, 3.05) is 0 Å². The summed E-state index contributed by atoms with van der Waals surface area (Å²) in [6.45, 7) is 7.70. The van der Waals surface area contributed by atoms with E-state index in [1.807, 2.05) is 13.8 Å². The molecule has 5 nitrogen and oxygen atoms in total. The van der Waals surface area contributed by atoms with E-state index < -0.39 is 29.2 Å². The van der Waals surface area contributed by atoms with Crippen LogP contribution in [0.1, 0.15) is 33.1 Å². The Morgan fingerprint density at radius 3 is 2.86 bits per heavy atom. The molecule has 5 atom stereocenters. The van der Waals surface area contributed by atoms with E-state index in [1.165, 1.54) is 6.08 Å². The Morgan fingerprint density at radius 1 is 1.33 bits per heavy atom. The van der Waals surface area contributed by atoms with Crippen molar-refractivity contribution in [1.82, 2.24) is 0 Å². The molecule has 1 spiro atoms. The van der Waals surface area contributed by atoms with Gasteiger partial charge < -0.3 is 14.2 Å². The summed E-state index contributed by atoms with van der Waals surface area (Å²) in [5.74, 6) is -0.933. The molecule has 0 aromatic carbocycles. The average Bonchev–Trinajstić information content (AvgIpc) is 2.91. The number of epoxide rings is 1. The van der Waals surface area contributed by atoms with E-state index in [0.717, 1.165) is 19.3 Å². The predicted octanol–water partition coefficient (Wildman–Crippen LogP) is 1.67. The molecule has 2 saturated heterocycles. The van der Waals surface area contributed by atoms with Gasteiger partial charge >= 0.3 is 11.9 Å². The van der Waals surface area contributed by atoms with Crippen molar-refractivity contribution >= 4 is 11.9 Å². The van der Waals surface area contributed by atoms with Crippen LogP contribution in [0.2, 0.25) is 0 Å². The van der Waals surface area contributed by atoms with Gasteiger partial charge in [0.05, 0.1) is 0 Å². The van der Waals surface area contributed by atoms with Gasteiger partial charge in [0, 0.05) is 17.6 Å². The SMILES string of the molecule is C=C1C(=O)O[C@@H]2[C@H]1CCC[C@]1(C)O[C@@]13C=CC(=O)O[C@@]23C. The number of ether oxygens (including phenoxy) is 3. The van der Waals surface area contributed by atoms with Crippen LogP contribution in [-0.4, -0.2) is 34.8 Å². The quantitative estimate of drug-likeness (QED) is 0.386. The number of fused-ring (bicyclic) bond motifs is 2. The minimum Gasteiger partial charge on any atom is -0.454 e. The van der Waals surface area contributed by atoms with Crippen molar-refractivity contribution < 1.29 is 23.8 Å². The molecule has 21 heavy (non-hydrogen) atoms. The molecule has 0 aromatic rings. The zero-order valence-electron chi connectivity index (χ0n) is 12.2. The molecule has 4 rings (SSSR count). The Morgan fingerprint density at radius 2 is 2.10 bits per heavy atom. The van der Waals surface area contributed by atoms with Crippen LogP contribution >= 0.6 is 0 Å². The van der Waals surface area contributed by atoms with Crippen molar-refractivity contribution in [3.63, 3.8) is 0 Å². The van der Waals surface area contributed by atoms with E-state index in [-0.39, 0.29) is 11.5 Å². The summed E-state index contributed by atoms with van der Waals surface area (Å²) in [4.78, 5) is 23.8. The number of hydrogen-bond donors (Lipinski definition) is 0. The summed E-state index contributed by atoms with van der Waals surface area (Å²) < 4.78 is 17.3. The highest BCUT2D eigenvalue weighted by atomic mass is 16.7. The summed E-state index contributed by atoms with van der Waals surface area (Å²) in [6, 6.07) is 0. The standard InChI is InChI=1S/C16H18O5/c1-9-10-5-4-7-14(2)16(21-14)8-6-11(17)20-15(16,3)12(10)19-13(9)18/h6,8,10,12H,1,4-5,7H2,2-3H3/t10-,12+,14-,15-,16-/m0/s1. The van der Waals surface area contributed by atoms with Gasteiger partial charge in [0.15, 0.2) is 17.3 Å². The van der Waals surface area contributed by atoms with E-state index >= 15 is 0 Å². The van der Waals surface area contributed by atoms with Crippen molar-refractivity contribution in [2.45, 2.75) is 56.0 Å². The molecule has 0 unspecified atom stereocenters. The van der Waals surface area contributed by atoms with Crippen LogP contribution in [-0.2, 0) is 23.8 Å². The lowest BCUT2D eigenvalue weighted by molar-refractivity contribution is -0.188. The van der Waals surface area contributed by atoms with Gasteiger partial charge in [-0.05, 0) is 39.2 Å². The molecule has 0 amide bonds. The number of rotatable bonds is 0. The van der Waals surface area contributed by atoms with E-state index in [2.05, 4.69) is 6.58 Å². The van der Waals surface area contributed by atoms with Gasteiger partial charge in [-0.15, -0.1) is 0 Å². The van der Waals surface area contributed by atoms with Gasteiger partial charge in [-0.3, -0.25) is 0 Å². The smallest absolute Gasteiger partial charge is 0.334 e. The maximum atomic E-state index is 11.9. The van der Waals surface area contributed by atoms with E-state index in [1.54, 1.807) is 6.08 Å². The number of carbonyl (C=O) groups is 2. The third-order valence-electron chi connectivity index (χ3n) is 5.66. The minimum absolute atomic E-state index is 0.118. The van der Waals surface area contributed by atoms with Crippen LogP contribution in [0, 0.1) is 5.92 Å². The Kier molecular flexibility index (Phi) is 2.23. The molecule has 5 heteroatoms. The molecule has 1 saturated carbocycles. The second kappa shape index (κ2) is 3.58. The Balaban J connectivity index is 1.86. The first-order chi connectivity index (χ1) is 9.83. The molecule has 3 aliphatic heterocycles. The molecule has 4 aliphatic rings. The second-order valence-corrected chi connectivity index (χ2v) is 6.78. The second-order valence-electron chi connectivity index (χ2n) is 6.78. The van der Waals surface area contributed by atoms with Crippen LogP contribution < -0.4 is 0 Å². The number of carbonyl (C=O) groups excluding carboxylic acids is 2. The summed E-state index contributed by atoms with van der Waals surface area (Å²) >= 11 is 0. The fraction of sp³-hybridized carbons (Fsp3) is 0.625. The highest BCUT2D eigenvalue weighted by Gasteiger charge is 2.80. The Bertz CT molecular complexity index is 608. The fourth-order valence-electron chi connectivity index (χ4n) is 4.43. The van der Waals surface area contributed by atoms with Crippen molar-refractivity contribution in [3.05, 3.63) is 24.3 Å². The molecule has 1 aliphatic carbocycles. The maximum Gasteiger partial charge on any atom is 0.334 e. The lowest BCUT2D eigenvalue weighted by atomic mass is 9.67. The average molecular weight is 290 g/mol. The molecule has 112 valence electrons. The Hall–Kier alpha value is -1.62. The molecule has 3 heterocycles. The lowest BCUT2D eigenvalue weighted by Gasteiger charge is -2.43. The Labute approximate surface area is 122 Å². The summed E-state index contributed by atoms with van der Waals surface area (Å²) in [5, 5.41) is 0. The topological polar surface area (TPSA) is 65.1 Å². The number of hydrogen-bond acceptors (Lipinski definition) is 5. The first-order valence-electron chi connectivity index (χ1n) is 7.35. The van der Waals surface area contributed by atoms with Crippen molar-refractivity contribution in [2.24, 2.45) is 5.92 Å². The molecule has 3 fully saturated rings. The molecule has 0 bridgehead atoms. The van der Waals surface area contributed by atoms with E-state index in [4.69, 9.17) is 14.2 Å². The maximum absolute atomic E-state index is 11.9. The van der Waals surface area contributed by atoms with Crippen LogP contribution in [0.15, 0.2) is 24.3 Å². The zero-order valence-corrected chi connectivity index (χ0v) is 12.2. The van der Waals surface area contributed by atoms with Gasteiger partial charge in [-0.1, -0.05) is 6.58 Å². The normalized spacial score (nSPS) is 51.0. The highest BCUT2D eigenvalue weighted by molar-refractivity contribution is 5.91. The summed E-state index contributed by atoms with van der Waals surface area (Å²) in [5.41, 5.74) is -1.61. The first-order valence-corrected chi connectivity index (χ1v) is 7.35. The minimum atomic E-state index is -1.01. The van der Waals surface area contributed by atoms with Gasteiger partial charge in [0.1, 0.15) is 5.60 Å². The monoisotopic (exact) mass is 290 g/mol. The highest BCUT2D eigenvalue weighted by Crippen LogP contribution is 2.64. The lowest BCUT2D eigenvalue weighted by Crippen LogP contribution is -2.61. The van der Waals surface area contributed by atoms with Crippen LogP contribution in [0.5, 0.6) is 0 Å². The van der Waals surface area contributed by atoms with Crippen molar-refractivity contribution in [1.29, 1.82) is 0 Å². The van der Waals surface area contributed by atoms with Crippen LogP contribution in [0.4, 0.5) is 0 Å². The van der Waals surface area contributed by atoms with Gasteiger partial charge in [-0.2, -0.15) is 0 Å². The third-order valence-corrected chi connectivity index (χ3v) is 5.66. The molecule has 0 radical (unpaired) electrons. The fourth-order valence-corrected chi connectivity index (χ4v) is 4.43. The van der Waals surface area contributed by atoms with Gasteiger partial charge in [0.2, 0.25) is 0 Å². The molecular weight excluding hydrogens is 272 g/mol. The predicted molar refractivity (Wildman–Crippen MR) is 72.2 cm³/mol. The molecule has 0 N–H and O–H groups in total. The summed E-state index contributed by atoms with van der Waals surface area (Å²) in [7, 11) is 0. The van der Waals surface area contributed by atoms with E-state index in [9.17, 15) is 9.59 Å². The zero-order chi connectivity index (χ0) is 15.0. The largest absolute Gasteiger partial charge is 0.454 e. The van der Waals surface area contributed by atoms with Crippen LogP contribution in [0.25, 0.3) is 0 Å². The van der Waals surface area contributed by atoms with Crippen molar-refractivity contribution in [3.8, 4) is 0 Å². The van der Waals surface area contributed by atoms with Gasteiger partial charge in [0.25, 0.3) is 0 Å². The number of esters is 2. The van der Waals surface area contributed by atoms with E-state index in [0.29, 0.717) is 5.57 Å². The van der Waals surface area contributed by atoms with Crippen LogP contribution in [0.3, 0.4) is 0 Å².